The maximum atomic E-state index is 14.2. The van der Waals surface area contributed by atoms with E-state index in [-0.39, 0.29) is 56.3 Å². The molecule has 0 aliphatic carbocycles. The number of nitrogens with two attached hydrogens (primary N) is 1. The van der Waals surface area contributed by atoms with Gasteiger partial charge in [-0.3, -0.25) is 14.6 Å². The van der Waals surface area contributed by atoms with Gasteiger partial charge >= 0.3 is 6.03 Å². The Morgan fingerprint density at radius 1 is 1.11 bits per heavy atom. The topological polar surface area (TPSA) is 124 Å². The lowest BCUT2D eigenvalue weighted by molar-refractivity contribution is -0.157. The molecular weight excluding hydrogens is 609 g/mol. The molecule has 2 aliphatic heterocycles. The molecule has 46 heavy (non-hydrogen) atoms. The molecule has 2 aliphatic rings. The molecule has 2 atom stereocenters. The first kappa shape index (κ1) is 31.2. The van der Waals surface area contributed by atoms with Crippen molar-refractivity contribution in [3.63, 3.8) is 0 Å². The van der Waals surface area contributed by atoms with Crippen LogP contribution in [0, 0.1) is 5.82 Å². The van der Waals surface area contributed by atoms with E-state index in [0.29, 0.717) is 18.1 Å². The number of hydrogen-bond acceptors (Lipinski definition) is 8. The third-order valence-corrected chi connectivity index (χ3v) is 9.22. The number of ether oxygens (including phenoxy) is 1. The molecule has 3 aromatic carbocycles. The molecule has 4 aromatic rings. The maximum absolute atomic E-state index is 14.2. The van der Waals surface area contributed by atoms with Gasteiger partial charge in [0.1, 0.15) is 23.8 Å². The number of nitrogen functional groups attached to an aromatic ring is 1. The first-order chi connectivity index (χ1) is 22.2. The lowest BCUT2D eigenvalue weighted by Crippen LogP contribution is -2.66. The minimum Gasteiger partial charge on any atom is -0.497 e. The van der Waals surface area contributed by atoms with Crippen LogP contribution in [0.5, 0.6) is 5.75 Å². The number of nitrogens with zero attached hydrogens (tertiary/aromatic N) is 5. The van der Waals surface area contributed by atoms with Gasteiger partial charge in [0.25, 0.3) is 0 Å². The number of amides is 4. The number of fused-ring (bicyclic) bond motifs is 2. The fourth-order valence-electron chi connectivity index (χ4n) is 6.16. The van der Waals surface area contributed by atoms with Crippen LogP contribution in [0.25, 0.3) is 10.2 Å². The van der Waals surface area contributed by atoms with Crippen LogP contribution in [0.4, 0.5) is 14.3 Å². The number of hydrogen-bond donors (Lipinski definition) is 2. The monoisotopic (exact) mass is 645 g/mol. The predicted octanol–water partition coefficient (Wildman–Crippen LogP) is 3.99. The second-order valence-electron chi connectivity index (χ2n) is 11.4. The summed E-state index contributed by atoms with van der Waals surface area (Å²) in [5.74, 6) is -0.127. The van der Waals surface area contributed by atoms with Crippen LogP contribution in [0.15, 0.2) is 66.7 Å². The predicted molar refractivity (Wildman–Crippen MR) is 173 cm³/mol. The standard InChI is InChI=1S/C33H36FN7O4S/c1-3-15-39(33(44)36-17-22-9-13-25(45-2)14-10-22)40-20-29(42)41-26(16-21-7-11-24(34)12-8-21)31(43)38(19-28(40)41)18-23-5-4-6-27-30(23)37-32(35)46-27/h4-14,26,28H,3,15-20H2,1-2H3,(H2,35,37)(H,36,44)/t26-,28+/m0/s1. The van der Waals surface area contributed by atoms with E-state index >= 15 is 0 Å². The molecule has 0 bridgehead atoms. The minimum absolute atomic E-state index is 0.0557. The molecule has 0 spiro atoms. The molecule has 11 nitrogen and oxygen atoms in total. The first-order valence-electron chi connectivity index (χ1n) is 15.2. The summed E-state index contributed by atoms with van der Waals surface area (Å²) in [6.07, 6.45) is 0.271. The summed E-state index contributed by atoms with van der Waals surface area (Å²) in [5.41, 5.74) is 9.21. The zero-order chi connectivity index (χ0) is 32.4. The molecule has 6 rings (SSSR count). The zero-order valence-electron chi connectivity index (χ0n) is 25.7. The quantitative estimate of drug-likeness (QED) is 0.267. The first-order valence-corrected chi connectivity index (χ1v) is 16.0. The maximum Gasteiger partial charge on any atom is 0.332 e. The summed E-state index contributed by atoms with van der Waals surface area (Å²) < 4.78 is 19.9. The van der Waals surface area contributed by atoms with E-state index in [0.717, 1.165) is 32.7 Å². The van der Waals surface area contributed by atoms with Crippen molar-refractivity contribution < 1.29 is 23.5 Å². The summed E-state index contributed by atoms with van der Waals surface area (Å²) in [6.45, 7) is 3.01. The highest BCUT2D eigenvalue weighted by molar-refractivity contribution is 7.22. The molecule has 0 saturated carbocycles. The van der Waals surface area contributed by atoms with Crippen molar-refractivity contribution in [3.05, 3.63) is 89.2 Å². The highest BCUT2D eigenvalue weighted by Gasteiger charge is 2.52. The zero-order valence-corrected chi connectivity index (χ0v) is 26.5. The van der Waals surface area contributed by atoms with Crippen LogP contribution >= 0.6 is 11.3 Å². The fraction of sp³-hybridized carbons (Fsp3) is 0.333. The van der Waals surface area contributed by atoms with Gasteiger partial charge in [-0.2, -0.15) is 5.01 Å². The number of hydrazine groups is 1. The summed E-state index contributed by atoms with van der Waals surface area (Å²) in [5, 5.41) is 6.78. The number of halogens is 1. The van der Waals surface area contributed by atoms with E-state index in [1.807, 2.05) is 49.4 Å². The van der Waals surface area contributed by atoms with E-state index < -0.39 is 12.2 Å². The van der Waals surface area contributed by atoms with Crippen molar-refractivity contribution in [2.45, 2.75) is 45.1 Å². The summed E-state index contributed by atoms with van der Waals surface area (Å²) in [6, 6.07) is 18.0. The van der Waals surface area contributed by atoms with E-state index in [1.54, 1.807) is 39.1 Å². The molecule has 2 fully saturated rings. The van der Waals surface area contributed by atoms with Crippen LogP contribution < -0.4 is 15.8 Å². The van der Waals surface area contributed by atoms with Crippen molar-refractivity contribution >= 4 is 44.5 Å². The number of aromatic nitrogens is 1. The smallest absolute Gasteiger partial charge is 0.332 e. The van der Waals surface area contributed by atoms with E-state index in [2.05, 4.69) is 10.3 Å². The van der Waals surface area contributed by atoms with Gasteiger partial charge in [0, 0.05) is 26.1 Å². The molecule has 0 unspecified atom stereocenters. The Bertz CT molecular complexity index is 1730. The SMILES string of the molecule is CCCN(C(=O)NCc1ccc(OC)cc1)N1CC(=O)N2[C@@H](Cc3ccc(F)cc3)C(=O)N(Cc3cccc4sc(N)nc34)C[C@@H]21. The second kappa shape index (κ2) is 13.3. The minimum atomic E-state index is -0.841. The molecule has 1 aromatic heterocycles. The summed E-state index contributed by atoms with van der Waals surface area (Å²) in [4.78, 5) is 49.4. The van der Waals surface area contributed by atoms with Gasteiger partial charge < -0.3 is 25.6 Å². The van der Waals surface area contributed by atoms with E-state index in [9.17, 15) is 18.8 Å². The number of carbonyl (C=O) groups excluding carboxylic acids is 3. The number of anilines is 1. The summed E-state index contributed by atoms with van der Waals surface area (Å²) in [7, 11) is 1.60. The number of thiazole rings is 1. The largest absolute Gasteiger partial charge is 0.497 e. The van der Waals surface area contributed by atoms with Gasteiger partial charge in [-0.25, -0.2) is 14.2 Å². The van der Waals surface area contributed by atoms with Gasteiger partial charge in [-0.1, -0.05) is 54.7 Å². The fourth-order valence-corrected chi connectivity index (χ4v) is 6.94. The van der Waals surface area contributed by atoms with Crippen LogP contribution in [0.3, 0.4) is 0 Å². The van der Waals surface area contributed by atoms with E-state index in [1.165, 1.54) is 23.5 Å². The van der Waals surface area contributed by atoms with Crippen molar-refractivity contribution in [1.29, 1.82) is 0 Å². The number of urea groups is 1. The molecular formula is C33H36FN7O4S. The number of piperazine rings is 1. The molecule has 3 N–H and O–H groups in total. The third kappa shape index (κ3) is 6.33. The van der Waals surface area contributed by atoms with Gasteiger partial charge in [0.05, 0.1) is 30.4 Å². The van der Waals surface area contributed by atoms with Gasteiger partial charge in [-0.05, 0) is 53.4 Å². The van der Waals surface area contributed by atoms with Crippen molar-refractivity contribution in [2.75, 3.05) is 32.5 Å². The number of rotatable bonds is 10. The lowest BCUT2D eigenvalue weighted by Gasteiger charge is -2.46. The number of carbonyl (C=O) groups is 3. The number of methoxy groups -OCH3 is 1. The van der Waals surface area contributed by atoms with Crippen molar-refractivity contribution in [3.8, 4) is 5.75 Å². The van der Waals surface area contributed by atoms with Gasteiger partial charge in [-0.15, -0.1) is 0 Å². The lowest BCUT2D eigenvalue weighted by atomic mass is 10.00. The van der Waals surface area contributed by atoms with Crippen LogP contribution in [-0.2, 0) is 29.1 Å². The third-order valence-electron chi connectivity index (χ3n) is 8.37. The Kier molecular flexibility index (Phi) is 9.04. The molecule has 0 radical (unpaired) electrons. The average Bonchev–Trinajstić information content (AvgIpc) is 3.60. The molecule has 4 amide bonds. The number of nitrogens with one attached hydrogen (secondary N) is 1. The second-order valence-corrected chi connectivity index (χ2v) is 12.5. The molecule has 2 saturated heterocycles. The Morgan fingerprint density at radius 3 is 2.57 bits per heavy atom. The number of benzene rings is 3. The Balaban J connectivity index is 1.29. The Hall–Kier alpha value is -4.75. The van der Waals surface area contributed by atoms with E-state index in [4.69, 9.17) is 10.5 Å². The van der Waals surface area contributed by atoms with Crippen molar-refractivity contribution in [2.24, 2.45) is 0 Å². The Morgan fingerprint density at radius 2 is 1.85 bits per heavy atom. The average molecular weight is 646 g/mol. The highest BCUT2D eigenvalue weighted by Crippen LogP contribution is 2.32. The van der Waals surface area contributed by atoms with Crippen molar-refractivity contribution in [1.82, 2.24) is 30.1 Å². The summed E-state index contributed by atoms with van der Waals surface area (Å²) >= 11 is 1.38. The Labute approximate surface area is 270 Å². The molecule has 3 heterocycles. The number of para-hydroxylation sites is 1. The van der Waals surface area contributed by atoms with Crippen LogP contribution in [0.2, 0.25) is 0 Å². The van der Waals surface area contributed by atoms with Gasteiger partial charge in [0.2, 0.25) is 11.8 Å². The van der Waals surface area contributed by atoms with Crippen LogP contribution in [0.1, 0.15) is 30.0 Å². The highest BCUT2D eigenvalue weighted by atomic mass is 32.1. The molecule has 240 valence electrons. The normalized spacial score (nSPS) is 18.2. The van der Waals surface area contributed by atoms with Crippen LogP contribution in [-0.4, -0.2) is 81.6 Å². The molecule has 13 heteroatoms. The van der Waals surface area contributed by atoms with Gasteiger partial charge in [0.15, 0.2) is 5.13 Å².